The van der Waals surface area contributed by atoms with Crippen LogP contribution in [-0.4, -0.2) is 24.4 Å². The fraction of sp³-hybridized carbons (Fsp3) is 0.238. The molecule has 1 aliphatic rings. The van der Waals surface area contributed by atoms with E-state index in [-0.39, 0.29) is 11.7 Å². The van der Waals surface area contributed by atoms with E-state index in [1.807, 2.05) is 30.1 Å². The molecule has 5 nitrogen and oxygen atoms in total. The first kappa shape index (κ1) is 16.1. The second-order valence-electron chi connectivity index (χ2n) is 7.24. The number of nitrogens with zero attached hydrogens (tertiary/aromatic N) is 4. The molecular weight excluding hydrogens is 343 g/mol. The molecule has 0 radical (unpaired) electrons. The van der Waals surface area contributed by atoms with Gasteiger partial charge in [-0.15, -0.1) is 0 Å². The molecule has 136 valence electrons. The first-order chi connectivity index (χ1) is 13.1. The Bertz CT molecular complexity index is 1140. The largest absolute Gasteiger partial charge is 0.494 e. The summed E-state index contributed by atoms with van der Waals surface area (Å²) in [6.07, 6.45) is 8.02. The van der Waals surface area contributed by atoms with Gasteiger partial charge in [0.15, 0.2) is 0 Å². The monoisotopic (exact) mass is 362 g/mol. The summed E-state index contributed by atoms with van der Waals surface area (Å²) < 4.78 is 17.0. The minimum Gasteiger partial charge on any atom is -0.494 e. The van der Waals surface area contributed by atoms with Crippen molar-refractivity contribution in [1.29, 1.82) is 0 Å². The Kier molecular flexibility index (Phi) is 3.53. The molecule has 5 rings (SSSR count). The molecule has 0 aliphatic heterocycles. The Balaban J connectivity index is 1.70. The minimum atomic E-state index is -0.280. The van der Waals surface area contributed by atoms with Crippen molar-refractivity contribution in [3.05, 3.63) is 54.7 Å². The quantitative estimate of drug-likeness (QED) is 0.587. The summed E-state index contributed by atoms with van der Waals surface area (Å²) >= 11 is 0. The zero-order valence-electron chi connectivity index (χ0n) is 14.9. The topological polar surface area (TPSA) is 55.9 Å². The van der Waals surface area contributed by atoms with Gasteiger partial charge in [-0.1, -0.05) is 0 Å². The number of fused-ring (bicyclic) bond motifs is 1. The summed E-state index contributed by atoms with van der Waals surface area (Å²) in [5, 5.41) is 16.2. The molecule has 3 aromatic heterocycles. The van der Waals surface area contributed by atoms with Crippen LogP contribution in [0.1, 0.15) is 12.8 Å². The molecule has 0 spiro atoms. The lowest BCUT2D eigenvalue weighted by atomic mass is 10.00. The molecule has 27 heavy (non-hydrogen) atoms. The first-order valence-electron chi connectivity index (χ1n) is 9.07. The first-order valence-corrected chi connectivity index (χ1v) is 9.07. The van der Waals surface area contributed by atoms with Crippen LogP contribution >= 0.6 is 0 Å². The number of hydrogen-bond acceptors (Lipinski definition) is 3. The molecule has 0 atom stereocenters. The number of aromatic hydroxyl groups is 1. The van der Waals surface area contributed by atoms with Gasteiger partial charge in [0.1, 0.15) is 11.5 Å². The maximum atomic E-state index is 13.3. The second-order valence-corrected chi connectivity index (χ2v) is 7.24. The van der Waals surface area contributed by atoms with Gasteiger partial charge in [-0.2, -0.15) is 5.10 Å². The van der Waals surface area contributed by atoms with Crippen LogP contribution in [0.4, 0.5) is 4.39 Å². The van der Waals surface area contributed by atoms with E-state index in [4.69, 9.17) is 0 Å². The van der Waals surface area contributed by atoms with Crippen molar-refractivity contribution < 1.29 is 9.50 Å². The fourth-order valence-electron chi connectivity index (χ4n) is 3.61. The van der Waals surface area contributed by atoms with Gasteiger partial charge in [-0.3, -0.25) is 9.67 Å². The van der Waals surface area contributed by atoms with Crippen molar-refractivity contribution in [2.24, 2.45) is 13.0 Å². The average molecular weight is 362 g/mol. The van der Waals surface area contributed by atoms with E-state index < -0.39 is 0 Å². The molecule has 3 heterocycles. The highest BCUT2D eigenvalue weighted by Crippen LogP contribution is 2.40. The van der Waals surface area contributed by atoms with E-state index >= 15 is 0 Å². The van der Waals surface area contributed by atoms with Crippen molar-refractivity contribution in [1.82, 2.24) is 19.3 Å². The number of aryl methyl sites for hydroxylation is 1. The van der Waals surface area contributed by atoms with E-state index in [2.05, 4.69) is 10.1 Å². The van der Waals surface area contributed by atoms with Crippen LogP contribution in [0, 0.1) is 11.7 Å². The standard InChI is InChI=1S/C21H19FN4O/c1-25-11-17(20(24-25)14-4-6-15(22)7-5-14)16-8-9-23-18-12-26(10-13-2-3-13)21(27)19(16)18/h4-9,11-13,27H,2-3,10H2,1H3. The fourth-order valence-corrected chi connectivity index (χ4v) is 3.61. The predicted molar refractivity (Wildman–Crippen MR) is 102 cm³/mol. The highest BCUT2D eigenvalue weighted by Gasteiger charge is 2.25. The number of pyridine rings is 1. The van der Waals surface area contributed by atoms with Gasteiger partial charge >= 0.3 is 0 Å². The summed E-state index contributed by atoms with van der Waals surface area (Å²) in [7, 11) is 1.85. The third-order valence-corrected chi connectivity index (χ3v) is 5.14. The summed E-state index contributed by atoms with van der Waals surface area (Å²) in [5.41, 5.74) is 4.10. The molecule has 0 unspecified atom stereocenters. The maximum Gasteiger partial charge on any atom is 0.201 e. The van der Waals surface area contributed by atoms with Crippen molar-refractivity contribution in [2.75, 3.05) is 0 Å². The van der Waals surface area contributed by atoms with Gasteiger partial charge in [0.2, 0.25) is 5.88 Å². The Hall–Kier alpha value is -3.15. The van der Waals surface area contributed by atoms with Gasteiger partial charge in [-0.05, 0) is 49.1 Å². The van der Waals surface area contributed by atoms with Crippen molar-refractivity contribution in [3.8, 4) is 28.3 Å². The Morgan fingerprint density at radius 1 is 1.11 bits per heavy atom. The lowest BCUT2D eigenvalue weighted by molar-refractivity contribution is 0.415. The Labute approximate surface area is 155 Å². The smallest absolute Gasteiger partial charge is 0.201 e. The molecule has 4 aromatic rings. The van der Waals surface area contributed by atoms with Crippen LogP contribution in [0.3, 0.4) is 0 Å². The summed E-state index contributed by atoms with van der Waals surface area (Å²) in [5.74, 6) is 0.612. The lowest BCUT2D eigenvalue weighted by Gasteiger charge is -2.06. The zero-order chi connectivity index (χ0) is 18.5. The third kappa shape index (κ3) is 2.77. The molecule has 1 fully saturated rings. The molecule has 1 aliphatic carbocycles. The number of benzene rings is 1. The number of aromatic nitrogens is 4. The predicted octanol–water partition coefficient (Wildman–Crippen LogP) is 4.36. The van der Waals surface area contributed by atoms with E-state index in [9.17, 15) is 9.50 Å². The molecule has 1 saturated carbocycles. The van der Waals surface area contributed by atoms with E-state index in [1.165, 1.54) is 25.0 Å². The van der Waals surface area contributed by atoms with Crippen LogP contribution in [0.15, 0.2) is 48.9 Å². The maximum absolute atomic E-state index is 13.3. The van der Waals surface area contributed by atoms with E-state index in [0.717, 1.165) is 39.8 Å². The highest BCUT2D eigenvalue weighted by molar-refractivity contribution is 6.01. The van der Waals surface area contributed by atoms with Crippen LogP contribution in [0.5, 0.6) is 5.88 Å². The average Bonchev–Trinajstić information content (AvgIpc) is 3.31. The van der Waals surface area contributed by atoms with Crippen LogP contribution in [-0.2, 0) is 13.6 Å². The third-order valence-electron chi connectivity index (χ3n) is 5.14. The Morgan fingerprint density at radius 2 is 1.89 bits per heavy atom. The normalized spacial score (nSPS) is 14.1. The SMILES string of the molecule is Cn1cc(-c2ccnc3cn(CC4CC4)c(O)c23)c(-c2ccc(F)cc2)n1. The summed E-state index contributed by atoms with van der Waals surface area (Å²) in [6, 6.07) is 8.20. The number of rotatable bonds is 4. The van der Waals surface area contributed by atoms with Crippen LogP contribution < -0.4 is 0 Å². The molecule has 1 N–H and O–H groups in total. The van der Waals surface area contributed by atoms with Gasteiger partial charge in [0.05, 0.1) is 10.9 Å². The molecule has 0 saturated heterocycles. The number of hydrogen-bond donors (Lipinski definition) is 1. The van der Waals surface area contributed by atoms with Crippen LogP contribution in [0.2, 0.25) is 0 Å². The summed E-state index contributed by atoms with van der Waals surface area (Å²) in [4.78, 5) is 4.44. The van der Waals surface area contributed by atoms with Gasteiger partial charge in [0.25, 0.3) is 0 Å². The van der Waals surface area contributed by atoms with E-state index in [0.29, 0.717) is 5.92 Å². The zero-order valence-corrected chi connectivity index (χ0v) is 14.9. The van der Waals surface area contributed by atoms with E-state index in [1.54, 1.807) is 23.0 Å². The van der Waals surface area contributed by atoms with Gasteiger partial charge in [-0.25, -0.2) is 4.39 Å². The molecule has 6 heteroatoms. The highest BCUT2D eigenvalue weighted by atomic mass is 19.1. The molecule has 0 amide bonds. The van der Waals surface area contributed by atoms with Gasteiger partial charge in [0, 0.05) is 48.9 Å². The Morgan fingerprint density at radius 3 is 2.63 bits per heavy atom. The molecule has 1 aromatic carbocycles. The van der Waals surface area contributed by atoms with Gasteiger partial charge < -0.3 is 9.67 Å². The number of halogens is 1. The summed E-state index contributed by atoms with van der Waals surface area (Å²) in [6.45, 7) is 0.819. The lowest BCUT2D eigenvalue weighted by Crippen LogP contribution is -1.96. The molecule has 0 bridgehead atoms. The van der Waals surface area contributed by atoms with Crippen LogP contribution in [0.25, 0.3) is 33.3 Å². The molecular formula is C21H19FN4O. The second kappa shape index (κ2) is 5.94. The van der Waals surface area contributed by atoms with Crippen molar-refractivity contribution in [2.45, 2.75) is 19.4 Å². The minimum absolute atomic E-state index is 0.244. The van der Waals surface area contributed by atoms with Crippen molar-refractivity contribution in [3.63, 3.8) is 0 Å². The van der Waals surface area contributed by atoms with Crippen molar-refractivity contribution >= 4 is 10.9 Å².